The van der Waals surface area contributed by atoms with Crippen LogP contribution in [0.25, 0.3) is 11.0 Å². The minimum absolute atomic E-state index is 0.764. The molecule has 2 aromatic heterocycles. The van der Waals surface area contributed by atoms with Crippen LogP contribution in [0, 0.1) is 0 Å². The normalized spacial score (nSPS) is 10.9. The second-order valence-corrected chi connectivity index (χ2v) is 4.44. The van der Waals surface area contributed by atoms with Gasteiger partial charge >= 0.3 is 0 Å². The summed E-state index contributed by atoms with van der Waals surface area (Å²) in [5, 5.41) is 8.29. The Balaban J connectivity index is 2.06. The Morgan fingerprint density at radius 2 is 2.24 bits per heavy atom. The van der Waals surface area contributed by atoms with Crippen molar-refractivity contribution >= 4 is 33.4 Å². The van der Waals surface area contributed by atoms with Crippen LogP contribution in [0.1, 0.15) is 0 Å². The van der Waals surface area contributed by atoms with E-state index in [0.29, 0.717) is 0 Å². The van der Waals surface area contributed by atoms with Crippen molar-refractivity contribution in [2.75, 3.05) is 11.9 Å². The molecule has 6 nitrogen and oxygen atoms in total. The highest BCUT2D eigenvalue weighted by Crippen LogP contribution is 2.26. The Morgan fingerprint density at radius 1 is 1.35 bits per heavy atom. The number of nitrogens with zero attached hydrogens (tertiary/aromatic N) is 6. The van der Waals surface area contributed by atoms with Gasteiger partial charge in [0.05, 0.1) is 17.4 Å². The molecule has 0 atom stereocenters. The lowest BCUT2D eigenvalue weighted by atomic mass is 10.2. The zero-order valence-corrected chi connectivity index (χ0v) is 10.2. The summed E-state index contributed by atoms with van der Waals surface area (Å²) in [6, 6.07) is 6.10. The van der Waals surface area contributed by atoms with Crippen molar-refractivity contribution in [2.24, 2.45) is 7.05 Å². The lowest BCUT2D eigenvalue weighted by molar-refractivity contribution is 0.944. The van der Waals surface area contributed by atoms with Gasteiger partial charge in [-0.15, -0.1) is 0 Å². The average molecular weight is 246 g/mol. The lowest BCUT2D eigenvalue weighted by Crippen LogP contribution is -2.08. The van der Waals surface area contributed by atoms with Gasteiger partial charge in [-0.25, -0.2) is 4.98 Å². The van der Waals surface area contributed by atoms with E-state index in [1.54, 1.807) is 6.33 Å². The molecular weight excluding hydrogens is 236 g/mol. The number of aromatic nitrogens is 5. The van der Waals surface area contributed by atoms with E-state index in [9.17, 15) is 0 Å². The molecule has 0 amide bonds. The molecule has 7 heteroatoms. The molecule has 0 aliphatic heterocycles. The average Bonchev–Trinajstić information content (AvgIpc) is 2.98. The number of rotatable bonds is 2. The molecule has 0 bridgehead atoms. The summed E-state index contributed by atoms with van der Waals surface area (Å²) in [4.78, 5) is 6.27. The topological polar surface area (TPSA) is 59.7 Å². The van der Waals surface area contributed by atoms with E-state index in [0.717, 1.165) is 21.9 Å². The van der Waals surface area contributed by atoms with Crippen LogP contribution in [-0.2, 0) is 7.05 Å². The first-order chi connectivity index (χ1) is 8.25. The quantitative estimate of drug-likeness (QED) is 0.687. The molecule has 0 radical (unpaired) electrons. The van der Waals surface area contributed by atoms with Crippen molar-refractivity contribution in [2.45, 2.75) is 0 Å². The summed E-state index contributed by atoms with van der Waals surface area (Å²) in [6.07, 6.45) is 1.81. The minimum Gasteiger partial charge on any atom is -0.334 e. The van der Waals surface area contributed by atoms with Gasteiger partial charge in [0.25, 0.3) is 0 Å². The number of anilines is 2. The first-order valence-electron chi connectivity index (χ1n) is 5.05. The zero-order chi connectivity index (χ0) is 11.8. The molecule has 0 spiro atoms. The molecule has 86 valence electrons. The number of aryl methyl sites for hydroxylation is 1. The van der Waals surface area contributed by atoms with Gasteiger partial charge in [-0.1, -0.05) is 9.59 Å². The first-order valence-corrected chi connectivity index (χ1v) is 5.83. The predicted molar refractivity (Wildman–Crippen MR) is 66.5 cm³/mol. The van der Waals surface area contributed by atoms with E-state index in [1.807, 2.05) is 41.8 Å². The molecule has 3 rings (SSSR count). The third kappa shape index (κ3) is 1.64. The van der Waals surface area contributed by atoms with Gasteiger partial charge in [0.1, 0.15) is 0 Å². The minimum atomic E-state index is 0.764. The summed E-state index contributed by atoms with van der Waals surface area (Å²) < 4.78 is 5.75. The van der Waals surface area contributed by atoms with Crippen molar-refractivity contribution in [1.82, 2.24) is 24.4 Å². The van der Waals surface area contributed by atoms with Crippen LogP contribution >= 0.6 is 11.5 Å². The summed E-state index contributed by atoms with van der Waals surface area (Å²) in [5.41, 5.74) is 3.10. The zero-order valence-electron chi connectivity index (χ0n) is 9.40. The van der Waals surface area contributed by atoms with Gasteiger partial charge in [0.15, 0.2) is 0 Å². The third-order valence-electron chi connectivity index (χ3n) is 2.67. The van der Waals surface area contributed by atoms with Gasteiger partial charge < -0.3 is 9.47 Å². The number of hydrogen-bond acceptors (Lipinski definition) is 6. The molecule has 0 N–H and O–H groups in total. The fourth-order valence-corrected chi connectivity index (χ4v) is 2.15. The van der Waals surface area contributed by atoms with Crippen LogP contribution in [0.15, 0.2) is 24.5 Å². The SMILES string of the molecule is CN(c1ccc2c(c1)ncn2C)c1nnns1. The Hall–Kier alpha value is -2.02. The highest BCUT2D eigenvalue weighted by atomic mass is 32.1. The molecule has 2 heterocycles. The molecular formula is C10H10N6S. The lowest BCUT2D eigenvalue weighted by Gasteiger charge is -2.14. The van der Waals surface area contributed by atoms with Crippen molar-refractivity contribution in [3.8, 4) is 0 Å². The second-order valence-electron chi connectivity index (χ2n) is 3.73. The number of imidazole rings is 1. The molecule has 1 aromatic carbocycles. The van der Waals surface area contributed by atoms with E-state index in [-0.39, 0.29) is 0 Å². The molecule has 0 saturated heterocycles. The van der Waals surface area contributed by atoms with E-state index in [2.05, 4.69) is 19.8 Å². The van der Waals surface area contributed by atoms with Crippen molar-refractivity contribution in [3.63, 3.8) is 0 Å². The molecule has 0 aliphatic rings. The van der Waals surface area contributed by atoms with Gasteiger partial charge in [-0.05, 0) is 23.4 Å². The fourth-order valence-electron chi connectivity index (χ4n) is 1.70. The van der Waals surface area contributed by atoms with E-state index in [4.69, 9.17) is 0 Å². The van der Waals surface area contributed by atoms with Crippen LogP contribution in [0.5, 0.6) is 0 Å². The molecule has 0 unspecified atom stereocenters. The Bertz CT molecular complexity index is 644. The smallest absolute Gasteiger partial charge is 0.232 e. The van der Waals surface area contributed by atoms with Crippen LogP contribution in [0.3, 0.4) is 0 Å². The second kappa shape index (κ2) is 3.77. The van der Waals surface area contributed by atoms with E-state index >= 15 is 0 Å². The molecule has 3 aromatic rings. The molecule has 0 aliphatic carbocycles. The number of fused-ring (bicyclic) bond motifs is 1. The molecule has 0 saturated carbocycles. The van der Waals surface area contributed by atoms with E-state index in [1.165, 1.54) is 11.5 Å². The number of benzene rings is 1. The summed E-state index contributed by atoms with van der Waals surface area (Å²) in [7, 11) is 3.92. The van der Waals surface area contributed by atoms with Gasteiger partial charge in [0.2, 0.25) is 5.13 Å². The maximum Gasteiger partial charge on any atom is 0.232 e. The van der Waals surface area contributed by atoms with Crippen molar-refractivity contribution in [3.05, 3.63) is 24.5 Å². The summed E-state index contributed by atoms with van der Waals surface area (Å²) in [5.74, 6) is 0. The summed E-state index contributed by atoms with van der Waals surface area (Å²) >= 11 is 1.26. The largest absolute Gasteiger partial charge is 0.334 e. The van der Waals surface area contributed by atoms with Gasteiger partial charge in [0, 0.05) is 31.3 Å². The fraction of sp³-hybridized carbons (Fsp3) is 0.200. The molecule has 17 heavy (non-hydrogen) atoms. The van der Waals surface area contributed by atoms with Crippen LogP contribution in [0.4, 0.5) is 10.8 Å². The van der Waals surface area contributed by atoms with Gasteiger partial charge in [-0.2, -0.15) is 0 Å². The Kier molecular flexibility index (Phi) is 2.25. The van der Waals surface area contributed by atoms with Crippen molar-refractivity contribution in [1.29, 1.82) is 0 Å². The third-order valence-corrected chi connectivity index (χ3v) is 3.35. The summed E-state index contributed by atoms with van der Waals surface area (Å²) in [6.45, 7) is 0. The Labute approximate surface area is 102 Å². The van der Waals surface area contributed by atoms with Crippen molar-refractivity contribution < 1.29 is 0 Å². The van der Waals surface area contributed by atoms with Crippen LogP contribution in [-0.4, -0.2) is 31.4 Å². The molecule has 0 fully saturated rings. The predicted octanol–water partition coefficient (Wildman–Crippen LogP) is 1.59. The maximum atomic E-state index is 4.33. The van der Waals surface area contributed by atoms with Crippen LogP contribution < -0.4 is 4.90 Å². The standard InChI is InChI=1S/C10H10N6S/c1-15-6-11-8-5-7(3-4-9(8)15)16(2)10-12-13-14-17-10/h3-6H,1-2H3. The van der Waals surface area contributed by atoms with Gasteiger partial charge in [-0.3, -0.25) is 0 Å². The van der Waals surface area contributed by atoms with E-state index < -0.39 is 0 Å². The maximum absolute atomic E-state index is 4.33. The first kappa shape index (κ1) is 10.2. The Morgan fingerprint density at radius 3 is 3.00 bits per heavy atom. The highest BCUT2D eigenvalue weighted by molar-refractivity contribution is 7.09. The number of hydrogen-bond donors (Lipinski definition) is 0. The highest BCUT2D eigenvalue weighted by Gasteiger charge is 2.09. The van der Waals surface area contributed by atoms with Crippen LogP contribution in [0.2, 0.25) is 0 Å². The monoisotopic (exact) mass is 246 g/mol.